The molecule has 0 aliphatic carbocycles. The third kappa shape index (κ3) is 6.75. The summed E-state index contributed by atoms with van der Waals surface area (Å²) in [5, 5.41) is 3.09. The molecule has 0 bridgehead atoms. The molecule has 1 unspecified atom stereocenters. The van der Waals surface area contributed by atoms with Gasteiger partial charge in [0.2, 0.25) is 5.91 Å². The number of urea groups is 1. The van der Waals surface area contributed by atoms with Gasteiger partial charge in [0.25, 0.3) is 0 Å². The molecule has 0 aromatic heterocycles. The van der Waals surface area contributed by atoms with Crippen LogP contribution in [0.4, 0.5) is 4.79 Å². The van der Waals surface area contributed by atoms with Crippen molar-refractivity contribution in [1.82, 2.24) is 20.0 Å². The molecule has 190 valence electrons. The van der Waals surface area contributed by atoms with Gasteiger partial charge in [-0.2, -0.15) is 0 Å². The van der Waals surface area contributed by atoms with E-state index in [1.165, 1.54) is 4.90 Å². The van der Waals surface area contributed by atoms with Crippen molar-refractivity contribution in [3.63, 3.8) is 0 Å². The van der Waals surface area contributed by atoms with Crippen LogP contribution in [0, 0.1) is 0 Å². The molecule has 7 nitrogen and oxygen atoms in total. The average Bonchev–Trinajstić information content (AvgIpc) is 2.83. The van der Waals surface area contributed by atoms with Gasteiger partial charge in [-0.1, -0.05) is 36.4 Å². The van der Waals surface area contributed by atoms with E-state index in [1.807, 2.05) is 48.5 Å². The standard InChI is InChI=1S/C28H40N4O3/c1-20(2)31(21(3)4)17-15-29-27(33)26-25-13-12-24(35-19-22-10-8-7-9-11-22)18-23(25)14-16-32(26)28(34)30(5)6/h7-13,18,20-21,26H,14-17,19H2,1-6H3,(H,29,33). The summed E-state index contributed by atoms with van der Waals surface area (Å²) >= 11 is 0. The van der Waals surface area contributed by atoms with Crippen LogP contribution in [0.5, 0.6) is 5.75 Å². The molecule has 3 rings (SSSR count). The maximum Gasteiger partial charge on any atom is 0.320 e. The third-order valence-corrected chi connectivity index (χ3v) is 6.46. The van der Waals surface area contributed by atoms with Crippen molar-refractivity contribution in [2.75, 3.05) is 33.7 Å². The van der Waals surface area contributed by atoms with E-state index in [9.17, 15) is 9.59 Å². The Morgan fingerprint density at radius 3 is 2.37 bits per heavy atom. The van der Waals surface area contributed by atoms with Crippen molar-refractivity contribution < 1.29 is 14.3 Å². The second kappa shape index (κ2) is 12.1. The van der Waals surface area contributed by atoms with Gasteiger partial charge in [0, 0.05) is 45.8 Å². The summed E-state index contributed by atoms with van der Waals surface area (Å²) in [5.41, 5.74) is 3.01. The van der Waals surface area contributed by atoms with Crippen LogP contribution in [0.15, 0.2) is 48.5 Å². The van der Waals surface area contributed by atoms with Crippen LogP contribution < -0.4 is 10.1 Å². The van der Waals surface area contributed by atoms with E-state index in [0.29, 0.717) is 38.2 Å². The first-order valence-electron chi connectivity index (χ1n) is 12.5. The van der Waals surface area contributed by atoms with E-state index in [2.05, 4.69) is 37.9 Å². The fourth-order valence-corrected chi connectivity index (χ4v) is 4.70. The van der Waals surface area contributed by atoms with Gasteiger partial charge in [0.05, 0.1) is 0 Å². The van der Waals surface area contributed by atoms with E-state index in [4.69, 9.17) is 4.74 Å². The maximum atomic E-state index is 13.4. The highest BCUT2D eigenvalue weighted by Gasteiger charge is 2.36. The van der Waals surface area contributed by atoms with E-state index >= 15 is 0 Å². The summed E-state index contributed by atoms with van der Waals surface area (Å²) in [6.07, 6.45) is 0.676. The fraction of sp³-hybridized carbons (Fsp3) is 0.500. The molecule has 0 spiro atoms. The zero-order valence-electron chi connectivity index (χ0n) is 22.0. The highest BCUT2D eigenvalue weighted by Crippen LogP contribution is 2.33. The highest BCUT2D eigenvalue weighted by atomic mass is 16.5. The summed E-state index contributed by atoms with van der Waals surface area (Å²) in [6.45, 7) is 10.9. The van der Waals surface area contributed by atoms with Crippen molar-refractivity contribution in [1.29, 1.82) is 0 Å². The molecule has 1 aliphatic rings. The van der Waals surface area contributed by atoms with Gasteiger partial charge in [0.15, 0.2) is 0 Å². The molecule has 1 heterocycles. The molecule has 3 amide bonds. The van der Waals surface area contributed by atoms with Crippen LogP contribution in [0.25, 0.3) is 0 Å². The molecule has 0 saturated carbocycles. The van der Waals surface area contributed by atoms with E-state index in [1.54, 1.807) is 19.0 Å². The van der Waals surface area contributed by atoms with Gasteiger partial charge in [0.1, 0.15) is 18.4 Å². The number of hydrogen-bond acceptors (Lipinski definition) is 4. The Kier molecular flexibility index (Phi) is 9.15. The lowest BCUT2D eigenvalue weighted by molar-refractivity contribution is -0.126. The molecule has 2 aromatic rings. The molecular weight excluding hydrogens is 440 g/mol. The molecular formula is C28H40N4O3. The molecule has 0 radical (unpaired) electrons. The van der Waals surface area contributed by atoms with Crippen molar-refractivity contribution in [3.8, 4) is 5.75 Å². The lowest BCUT2D eigenvalue weighted by Crippen LogP contribution is -2.51. The summed E-state index contributed by atoms with van der Waals surface area (Å²) in [5.74, 6) is 0.621. The van der Waals surface area contributed by atoms with Crippen molar-refractivity contribution in [3.05, 3.63) is 65.2 Å². The molecule has 1 aliphatic heterocycles. The minimum absolute atomic E-state index is 0.147. The van der Waals surface area contributed by atoms with E-state index < -0.39 is 6.04 Å². The smallest absolute Gasteiger partial charge is 0.320 e. The number of fused-ring (bicyclic) bond motifs is 1. The Balaban J connectivity index is 1.77. The van der Waals surface area contributed by atoms with Crippen molar-refractivity contribution >= 4 is 11.9 Å². The molecule has 0 saturated heterocycles. The number of ether oxygens (including phenoxy) is 1. The summed E-state index contributed by atoms with van der Waals surface area (Å²) in [4.78, 5) is 31.9. The van der Waals surface area contributed by atoms with Crippen LogP contribution in [0.3, 0.4) is 0 Å². The first kappa shape index (κ1) is 26.5. The summed E-state index contributed by atoms with van der Waals surface area (Å²) in [7, 11) is 3.44. The lowest BCUT2D eigenvalue weighted by atomic mass is 9.91. The third-order valence-electron chi connectivity index (χ3n) is 6.46. The summed E-state index contributed by atoms with van der Waals surface area (Å²) in [6, 6.07) is 15.8. The van der Waals surface area contributed by atoms with Gasteiger partial charge < -0.3 is 19.9 Å². The summed E-state index contributed by atoms with van der Waals surface area (Å²) < 4.78 is 6.01. The van der Waals surface area contributed by atoms with Crippen LogP contribution in [-0.4, -0.2) is 72.5 Å². The van der Waals surface area contributed by atoms with Gasteiger partial charge in [-0.15, -0.1) is 0 Å². The number of benzene rings is 2. The first-order valence-corrected chi connectivity index (χ1v) is 12.5. The van der Waals surface area contributed by atoms with Gasteiger partial charge in [-0.25, -0.2) is 4.79 Å². The number of hydrogen-bond donors (Lipinski definition) is 1. The normalized spacial score (nSPS) is 15.3. The molecule has 1 atom stereocenters. The minimum atomic E-state index is -0.664. The van der Waals surface area contributed by atoms with Crippen molar-refractivity contribution in [2.24, 2.45) is 0 Å². The molecule has 35 heavy (non-hydrogen) atoms. The molecule has 0 fully saturated rings. The van der Waals surface area contributed by atoms with Crippen LogP contribution in [0.1, 0.15) is 50.4 Å². The van der Waals surface area contributed by atoms with Crippen LogP contribution in [0.2, 0.25) is 0 Å². The minimum Gasteiger partial charge on any atom is -0.489 e. The number of amides is 3. The Bertz CT molecular complexity index is 983. The second-order valence-electron chi connectivity index (χ2n) is 9.87. The quantitative estimate of drug-likeness (QED) is 0.587. The fourth-order valence-electron chi connectivity index (χ4n) is 4.70. The Morgan fingerprint density at radius 2 is 1.74 bits per heavy atom. The molecule has 7 heteroatoms. The topological polar surface area (TPSA) is 65.1 Å². The van der Waals surface area contributed by atoms with Crippen LogP contribution >= 0.6 is 0 Å². The van der Waals surface area contributed by atoms with Gasteiger partial charge >= 0.3 is 6.03 Å². The predicted octanol–water partition coefficient (Wildman–Crippen LogP) is 4.08. The lowest BCUT2D eigenvalue weighted by Gasteiger charge is -2.38. The number of nitrogens with one attached hydrogen (secondary N) is 1. The zero-order valence-corrected chi connectivity index (χ0v) is 22.0. The Hall–Kier alpha value is -3.06. The first-order chi connectivity index (χ1) is 16.7. The molecule has 2 aromatic carbocycles. The number of nitrogens with zero attached hydrogens (tertiary/aromatic N) is 3. The SMILES string of the molecule is CC(C)N(CCNC(=O)C1c2ccc(OCc3ccccc3)cc2CCN1C(=O)N(C)C)C(C)C. The van der Waals surface area contributed by atoms with E-state index in [-0.39, 0.29) is 11.9 Å². The van der Waals surface area contributed by atoms with Gasteiger partial charge in [-0.05, 0) is 62.9 Å². The second-order valence-corrected chi connectivity index (χ2v) is 9.87. The average molecular weight is 481 g/mol. The number of carbonyl (C=O) groups excluding carboxylic acids is 2. The van der Waals surface area contributed by atoms with E-state index in [0.717, 1.165) is 29.0 Å². The highest BCUT2D eigenvalue weighted by molar-refractivity contribution is 5.89. The number of carbonyl (C=O) groups is 2. The molecule has 1 N–H and O–H groups in total. The Morgan fingerprint density at radius 1 is 1.06 bits per heavy atom. The van der Waals surface area contributed by atoms with Crippen molar-refractivity contribution in [2.45, 2.75) is 58.8 Å². The predicted molar refractivity (Wildman–Crippen MR) is 139 cm³/mol. The largest absolute Gasteiger partial charge is 0.489 e. The maximum absolute atomic E-state index is 13.4. The number of rotatable bonds is 9. The van der Waals surface area contributed by atoms with Crippen LogP contribution in [-0.2, 0) is 17.8 Å². The Labute approximate surface area is 210 Å². The monoisotopic (exact) mass is 480 g/mol. The van der Waals surface area contributed by atoms with Gasteiger partial charge in [-0.3, -0.25) is 9.69 Å². The zero-order chi connectivity index (χ0) is 25.5.